The van der Waals surface area contributed by atoms with Crippen molar-refractivity contribution in [3.63, 3.8) is 0 Å². The first-order chi connectivity index (χ1) is 9.10. The third-order valence-corrected chi connectivity index (χ3v) is 3.78. The molecule has 0 fully saturated rings. The fourth-order valence-electron chi connectivity index (χ4n) is 1.83. The fourth-order valence-corrected chi connectivity index (χ4v) is 2.44. The lowest BCUT2D eigenvalue weighted by atomic mass is 10.1. The number of ether oxygens (including phenoxy) is 1. The summed E-state index contributed by atoms with van der Waals surface area (Å²) in [5.41, 5.74) is 2.13. The number of aromatic nitrogens is 1. The van der Waals surface area contributed by atoms with E-state index in [1.165, 1.54) is 0 Å². The van der Waals surface area contributed by atoms with E-state index in [0.717, 1.165) is 22.8 Å². The average Bonchev–Trinajstić information content (AvgIpc) is 2.82. The second-order valence-corrected chi connectivity index (χ2v) is 5.45. The number of benzene rings is 1. The molecular weight excluding hydrogens is 260 g/mol. The Morgan fingerprint density at radius 1 is 1.47 bits per heavy atom. The van der Waals surface area contributed by atoms with Crippen LogP contribution in [0, 0.1) is 6.92 Å². The van der Waals surface area contributed by atoms with Crippen molar-refractivity contribution in [1.29, 1.82) is 0 Å². The summed E-state index contributed by atoms with van der Waals surface area (Å²) in [4.78, 5) is 4.42. The maximum atomic E-state index is 9.57. The first kappa shape index (κ1) is 13.8. The number of rotatable bonds is 5. The van der Waals surface area contributed by atoms with Gasteiger partial charge in [0.15, 0.2) is 11.5 Å². The van der Waals surface area contributed by atoms with Gasteiger partial charge in [-0.25, -0.2) is 4.98 Å². The minimum absolute atomic E-state index is 0.161. The first-order valence-corrected chi connectivity index (χ1v) is 6.99. The Bertz CT molecular complexity index is 554. The Labute approximate surface area is 117 Å². The minimum Gasteiger partial charge on any atom is -0.504 e. The van der Waals surface area contributed by atoms with Crippen LogP contribution < -0.4 is 10.1 Å². The summed E-state index contributed by atoms with van der Waals surface area (Å²) in [6.07, 6.45) is 0. The monoisotopic (exact) mass is 278 g/mol. The Balaban J connectivity index is 2.01. The van der Waals surface area contributed by atoms with Crippen LogP contribution in [0.3, 0.4) is 0 Å². The van der Waals surface area contributed by atoms with Gasteiger partial charge in [0, 0.05) is 18.0 Å². The molecule has 102 valence electrons. The molecule has 5 heteroatoms. The van der Waals surface area contributed by atoms with Crippen molar-refractivity contribution >= 4 is 11.3 Å². The molecule has 1 heterocycles. The molecule has 2 rings (SSSR count). The molecule has 2 aromatic rings. The van der Waals surface area contributed by atoms with Gasteiger partial charge in [-0.2, -0.15) is 0 Å². The molecule has 0 amide bonds. The summed E-state index contributed by atoms with van der Waals surface area (Å²) >= 11 is 1.66. The van der Waals surface area contributed by atoms with E-state index in [4.69, 9.17) is 4.74 Å². The Morgan fingerprint density at radius 2 is 2.26 bits per heavy atom. The summed E-state index contributed by atoms with van der Waals surface area (Å²) in [6, 6.07) is 5.55. The van der Waals surface area contributed by atoms with Crippen molar-refractivity contribution in [1.82, 2.24) is 10.3 Å². The smallest absolute Gasteiger partial charge is 0.160 e. The molecule has 0 radical (unpaired) electrons. The van der Waals surface area contributed by atoms with Crippen LogP contribution in [0.1, 0.15) is 29.2 Å². The minimum atomic E-state index is 0.161. The number of aryl methyl sites for hydroxylation is 1. The Morgan fingerprint density at radius 3 is 2.89 bits per heavy atom. The summed E-state index contributed by atoms with van der Waals surface area (Å²) in [5.74, 6) is 0.657. The van der Waals surface area contributed by atoms with E-state index < -0.39 is 0 Å². The van der Waals surface area contributed by atoms with Crippen LogP contribution >= 0.6 is 11.3 Å². The molecule has 0 bridgehead atoms. The molecule has 0 aliphatic heterocycles. The summed E-state index contributed by atoms with van der Waals surface area (Å²) < 4.78 is 5.11. The van der Waals surface area contributed by atoms with Gasteiger partial charge in [0.2, 0.25) is 0 Å². The second-order valence-electron chi connectivity index (χ2n) is 4.39. The highest BCUT2D eigenvalue weighted by Crippen LogP contribution is 2.28. The van der Waals surface area contributed by atoms with Crippen molar-refractivity contribution in [2.45, 2.75) is 26.4 Å². The van der Waals surface area contributed by atoms with Crippen molar-refractivity contribution in [2.75, 3.05) is 7.11 Å². The molecule has 4 nitrogen and oxygen atoms in total. The number of nitrogens with zero attached hydrogens (tertiary/aromatic N) is 1. The van der Waals surface area contributed by atoms with Crippen molar-refractivity contribution in [3.8, 4) is 11.5 Å². The normalized spacial score (nSPS) is 12.4. The maximum absolute atomic E-state index is 9.57. The summed E-state index contributed by atoms with van der Waals surface area (Å²) in [7, 11) is 1.55. The number of hydrogen-bond donors (Lipinski definition) is 2. The number of thiazole rings is 1. The summed E-state index contributed by atoms with van der Waals surface area (Å²) in [5, 5.41) is 16.1. The Hall–Kier alpha value is -1.59. The van der Waals surface area contributed by atoms with E-state index in [-0.39, 0.29) is 11.8 Å². The highest BCUT2D eigenvalue weighted by Gasteiger charge is 2.09. The average molecular weight is 278 g/mol. The largest absolute Gasteiger partial charge is 0.504 e. The molecule has 1 aromatic carbocycles. The molecule has 0 saturated carbocycles. The van der Waals surface area contributed by atoms with Crippen LogP contribution in [0.15, 0.2) is 23.6 Å². The predicted octanol–water partition coefficient (Wildman–Crippen LogP) is 3.02. The van der Waals surface area contributed by atoms with Crippen LogP contribution in [0.2, 0.25) is 0 Å². The second kappa shape index (κ2) is 6.04. The Kier molecular flexibility index (Phi) is 4.39. The van der Waals surface area contributed by atoms with Gasteiger partial charge < -0.3 is 15.2 Å². The number of aromatic hydroxyl groups is 1. The zero-order valence-corrected chi connectivity index (χ0v) is 12.1. The molecule has 1 aromatic heterocycles. The van der Waals surface area contributed by atoms with Crippen LogP contribution in [0.4, 0.5) is 0 Å². The maximum Gasteiger partial charge on any atom is 0.160 e. The molecule has 1 atom stereocenters. The van der Waals surface area contributed by atoms with E-state index in [9.17, 15) is 5.11 Å². The van der Waals surface area contributed by atoms with Crippen LogP contribution in [0.25, 0.3) is 0 Å². The third kappa shape index (κ3) is 3.45. The third-order valence-electron chi connectivity index (χ3n) is 2.96. The van der Waals surface area contributed by atoms with Crippen molar-refractivity contribution in [3.05, 3.63) is 39.8 Å². The number of phenols is 1. The van der Waals surface area contributed by atoms with Gasteiger partial charge in [-0.05, 0) is 31.5 Å². The number of nitrogens with one attached hydrogen (secondary N) is 1. The van der Waals surface area contributed by atoms with Crippen LogP contribution in [-0.2, 0) is 6.54 Å². The van der Waals surface area contributed by atoms with Gasteiger partial charge in [-0.15, -0.1) is 11.3 Å². The summed E-state index contributed by atoms with van der Waals surface area (Å²) in [6.45, 7) is 4.81. The SMILES string of the molecule is COc1cc(C(C)NCc2csc(C)n2)ccc1O. The van der Waals surface area contributed by atoms with Crippen molar-refractivity contribution in [2.24, 2.45) is 0 Å². The van der Waals surface area contributed by atoms with Crippen LogP contribution in [0.5, 0.6) is 11.5 Å². The number of phenolic OH excluding ortho intramolecular Hbond substituents is 1. The highest BCUT2D eigenvalue weighted by molar-refractivity contribution is 7.09. The number of methoxy groups -OCH3 is 1. The van der Waals surface area contributed by atoms with Crippen LogP contribution in [-0.4, -0.2) is 17.2 Å². The molecule has 0 aliphatic carbocycles. The molecule has 0 spiro atoms. The zero-order chi connectivity index (χ0) is 13.8. The molecular formula is C14H18N2O2S. The highest BCUT2D eigenvalue weighted by atomic mass is 32.1. The molecule has 0 aliphatic rings. The topological polar surface area (TPSA) is 54.4 Å². The quantitative estimate of drug-likeness (QED) is 0.882. The van der Waals surface area contributed by atoms with Gasteiger partial charge in [-0.3, -0.25) is 0 Å². The molecule has 0 saturated heterocycles. The van der Waals surface area contributed by atoms with E-state index in [1.54, 1.807) is 24.5 Å². The van der Waals surface area contributed by atoms with Gasteiger partial charge in [0.25, 0.3) is 0 Å². The standard InChI is InChI=1S/C14H18N2O2S/c1-9(15-7-12-8-19-10(2)16-12)11-4-5-13(17)14(6-11)18-3/h4-6,8-9,15,17H,7H2,1-3H3. The van der Waals surface area contributed by atoms with E-state index in [2.05, 4.69) is 22.6 Å². The van der Waals surface area contributed by atoms with E-state index >= 15 is 0 Å². The molecule has 1 unspecified atom stereocenters. The lowest BCUT2D eigenvalue weighted by Crippen LogP contribution is -2.18. The lowest BCUT2D eigenvalue weighted by Gasteiger charge is -2.15. The van der Waals surface area contributed by atoms with Gasteiger partial charge in [0.05, 0.1) is 17.8 Å². The van der Waals surface area contributed by atoms with Gasteiger partial charge in [-0.1, -0.05) is 6.07 Å². The molecule has 2 N–H and O–H groups in total. The van der Waals surface area contributed by atoms with Crippen molar-refractivity contribution < 1.29 is 9.84 Å². The van der Waals surface area contributed by atoms with Gasteiger partial charge >= 0.3 is 0 Å². The lowest BCUT2D eigenvalue weighted by molar-refractivity contribution is 0.372. The number of hydrogen-bond acceptors (Lipinski definition) is 5. The first-order valence-electron chi connectivity index (χ1n) is 6.11. The zero-order valence-electron chi connectivity index (χ0n) is 11.3. The predicted molar refractivity (Wildman–Crippen MR) is 76.8 cm³/mol. The van der Waals surface area contributed by atoms with E-state index in [1.807, 2.05) is 19.1 Å². The molecule has 19 heavy (non-hydrogen) atoms. The van der Waals surface area contributed by atoms with Gasteiger partial charge in [0.1, 0.15) is 0 Å². The van der Waals surface area contributed by atoms with E-state index in [0.29, 0.717) is 5.75 Å². The fraction of sp³-hybridized carbons (Fsp3) is 0.357.